The van der Waals surface area contributed by atoms with Crippen molar-refractivity contribution >= 4 is 42.5 Å². The van der Waals surface area contributed by atoms with E-state index in [2.05, 4.69) is 8.23 Å². The molecule has 0 saturated heterocycles. The van der Waals surface area contributed by atoms with Gasteiger partial charge in [-0.3, -0.25) is 0 Å². The summed E-state index contributed by atoms with van der Waals surface area (Å²) in [5, 5.41) is 0. The van der Waals surface area contributed by atoms with Crippen LogP contribution in [0, 0.1) is 0 Å². The van der Waals surface area contributed by atoms with E-state index in [1.54, 1.807) is 0 Å². The van der Waals surface area contributed by atoms with Crippen LogP contribution in [0.1, 0.15) is 0 Å². The average Bonchev–Trinajstić information content (AvgIpc) is 1.00. The van der Waals surface area contributed by atoms with Crippen molar-refractivity contribution in [2.75, 3.05) is 0 Å². The monoisotopic (exact) mass is 222 g/mol. The van der Waals surface area contributed by atoms with Crippen molar-refractivity contribution in [2.24, 2.45) is 0 Å². The summed E-state index contributed by atoms with van der Waals surface area (Å²) in [6, 6.07) is 0. The van der Waals surface area contributed by atoms with Gasteiger partial charge in [0, 0.05) is 0 Å². The van der Waals surface area contributed by atoms with Crippen molar-refractivity contribution in [3.8, 4) is 0 Å². The zero-order valence-electron chi connectivity index (χ0n) is 2.26. The van der Waals surface area contributed by atoms with E-state index in [0.717, 1.165) is 42.5 Å². The fourth-order valence-electron chi connectivity index (χ4n) is 0. The molecule has 0 aliphatic heterocycles. The maximum atomic E-state index is 2.53. The Balaban J connectivity index is -0.00000000500. The van der Waals surface area contributed by atoms with Crippen LogP contribution in [-0.4, -0.2) is 42.5 Å². The van der Waals surface area contributed by atoms with E-state index in [0.29, 0.717) is 0 Å². The Hall–Kier alpha value is 2.08. The van der Waals surface area contributed by atoms with Gasteiger partial charge in [0.1, 0.15) is 0 Å². The second-order valence-electron chi connectivity index (χ2n) is 0. The van der Waals surface area contributed by atoms with Crippen molar-refractivity contribution < 1.29 is 19.2 Å². The summed E-state index contributed by atoms with van der Waals surface area (Å²) < 4.78 is 0. The Morgan fingerprint density at radius 2 is 1.00 bits per heavy atom. The van der Waals surface area contributed by atoms with Crippen LogP contribution in [0.2, 0.25) is 0 Å². The molecule has 0 aromatic rings. The van der Waals surface area contributed by atoms with E-state index in [4.69, 9.17) is 0 Å². The summed E-state index contributed by atoms with van der Waals surface area (Å²) in [6.45, 7) is 0. The van der Waals surface area contributed by atoms with Crippen molar-refractivity contribution in [2.45, 2.75) is 0 Å². The van der Waals surface area contributed by atoms with Crippen LogP contribution in [0.4, 0.5) is 0 Å². The molecule has 4 heteroatoms. The summed E-state index contributed by atoms with van der Waals surface area (Å²) >= 11 is 0.826. The maximum absolute atomic E-state index is 2.53. The molecular weight excluding hydrogens is 220 g/mol. The first-order chi connectivity index (χ1) is 1.00. The van der Waals surface area contributed by atoms with Gasteiger partial charge >= 0.3 is 50.7 Å². The minimum atomic E-state index is 0. The van der Waals surface area contributed by atoms with Crippen LogP contribution in [0.25, 0.3) is 0 Å². The molecule has 20 valence electrons. The molecule has 0 heterocycles. The zero-order valence-corrected chi connectivity index (χ0v) is 9.94. The van der Waals surface area contributed by atoms with E-state index < -0.39 is 0 Å². The van der Waals surface area contributed by atoms with E-state index in [9.17, 15) is 0 Å². The van der Waals surface area contributed by atoms with Crippen LogP contribution >= 0.6 is 0 Å². The molecule has 0 aliphatic carbocycles. The Labute approximate surface area is 60.2 Å². The topological polar surface area (TPSA) is 57.0 Å². The van der Waals surface area contributed by atoms with Gasteiger partial charge in [0.2, 0.25) is 0 Å². The van der Waals surface area contributed by atoms with Crippen molar-refractivity contribution in [3.05, 3.63) is 0 Å². The Bertz CT molecular complexity index is 6.00. The number of hydrogen-bond donors (Lipinski definition) is 0. The average molecular weight is 221 g/mol. The number of rotatable bonds is 0. The summed E-state index contributed by atoms with van der Waals surface area (Å²) in [7, 11) is 2.53. The molecule has 2 nitrogen and oxygen atoms in total. The van der Waals surface area contributed by atoms with Crippen molar-refractivity contribution in [1.29, 1.82) is 0 Å². The van der Waals surface area contributed by atoms with Gasteiger partial charge in [0.15, 0.2) is 0 Å². The first-order valence-electron chi connectivity index (χ1n) is 0.447. The summed E-state index contributed by atoms with van der Waals surface area (Å²) in [6.07, 6.45) is 0. The molecule has 0 aliphatic rings. The molecule has 0 bridgehead atoms. The first-order valence-corrected chi connectivity index (χ1v) is 13.4. The SMILES string of the molecule is [O-2].[O-2].[V+4][BaH]. The van der Waals surface area contributed by atoms with Crippen molar-refractivity contribution in [1.82, 2.24) is 0 Å². The normalized spacial score (nSPS) is 1.25. The molecule has 0 aromatic heterocycles. The zero-order chi connectivity index (χ0) is 2.00. The van der Waals surface area contributed by atoms with Crippen LogP contribution in [0.5, 0.6) is 0 Å². The van der Waals surface area contributed by atoms with Gasteiger partial charge in [0.05, 0.1) is 0 Å². The Kier molecular flexibility index (Phi) is 80.9. The van der Waals surface area contributed by atoms with Gasteiger partial charge in [-0.25, -0.2) is 0 Å². The minimum absolute atomic E-state index is 0. The second-order valence-corrected chi connectivity index (χ2v) is 0. The van der Waals surface area contributed by atoms with Gasteiger partial charge in [-0.1, -0.05) is 0 Å². The first kappa shape index (κ1) is 16.5. The molecule has 0 aromatic carbocycles. The standard InChI is InChI=1S/Ba.2O.V.H/q;2*-2;+4;. The summed E-state index contributed by atoms with van der Waals surface area (Å²) in [5.74, 6) is 0. The molecule has 0 saturated carbocycles. The fraction of sp³-hybridized carbons (Fsp3) is 0. The third-order valence-corrected chi connectivity index (χ3v) is 0. The molecular formula is HBaO2V. The van der Waals surface area contributed by atoms with Crippen LogP contribution in [-0.2, 0) is 19.2 Å². The predicted molar refractivity (Wildman–Crippen MR) is 8.52 cm³/mol. The van der Waals surface area contributed by atoms with Gasteiger partial charge in [-0.15, -0.1) is 0 Å². The number of hydrogen-bond acceptors (Lipinski definition) is 0. The predicted octanol–water partition coefficient (Wildman–Crippen LogP) is -0.889. The Morgan fingerprint density at radius 3 is 1.00 bits per heavy atom. The third kappa shape index (κ3) is 8.95. The van der Waals surface area contributed by atoms with Crippen LogP contribution in [0.3, 0.4) is 0 Å². The Morgan fingerprint density at radius 1 is 1.00 bits per heavy atom. The van der Waals surface area contributed by atoms with Crippen molar-refractivity contribution in [3.63, 3.8) is 0 Å². The molecule has 0 unspecified atom stereocenters. The molecule has 0 radical (unpaired) electrons. The molecule has 0 fully saturated rings. The third-order valence-electron chi connectivity index (χ3n) is 0. The molecule has 0 atom stereocenters. The van der Waals surface area contributed by atoms with E-state index >= 15 is 0 Å². The molecule has 0 rings (SSSR count). The summed E-state index contributed by atoms with van der Waals surface area (Å²) in [4.78, 5) is 0. The molecule has 0 spiro atoms. The van der Waals surface area contributed by atoms with E-state index in [-0.39, 0.29) is 11.0 Å². The summed E-state index contributed by atoms with van der Waals surface area (Å²) in [5.41, 5.74) is 0. The van der Waals surface area contributed by atoms with E-state index in [1.165, 1.54) is 0 Å². The van der Waals surface area contributed by atoms with Gasteiger partial charge in [-0.05, 0) is 0 Å². The molecule has 0 amide bonds. The quantitative estimate of drug-likeness (QED) is 0.477. The van der Waals surface area contributed by atoms with Gasteiger partial charge in [0.25, 0.3) is 0 Å². The van der Waals surface area contributed by atoms with Crippen LogP contribution in [0.15, 0.2) is 0 Å². The van der Waals surface area contributed by atoms with E-state index in [1.807, 2.05) is 0 Å². The van der Waals surface area contributed by atoms with Gasteiger partial charge in [-0.2, -0.15) is 0 Å². The molecule has 0 N–H and O–H groups in total. The van der Waals surface area contributed by atoms with Gasteiger partial charge < -0.3 is 11.0 Å². The second kappa shape index (κ2) is 19.6. The molecule has 4 heavy (non-hydrogen) atoms. The van der Waals surface area contributed by atoms with Crippen LogP contribution < -0.4 is 0 Å². The fourth-order valence-corrected chi connectivity index (χ4v) is 0.